The van der Waals surface area contributed by atoms with Crippen LogP contribution in [0.15, 0.2) is 84.9 Å². The maximum Gasteiger partial charge on any atom is 0.0183 e. The van der Waals surface area contributed by atoms with Crippen molar-refractivity contribution in [3.05, 3.63) is 102 Å². The van der Waals surface area contributed by atoms with Crippen LogP contribution in [0.4, 0.5) is 0 Å². The van der Waals surface area contributed by atoms with Crippen LogP contribution in [0.3, 0.4) is 0 Å². The molecule has 0 saturated carbocycles. The molecule has 3 aromatic carbocycles. The number of rotatable bonds is 7. The Morgan fingerprint density at radius 2 is 1.35 bits per heavy atom. The van der Waals surface area contributed by atoms with Crippen LogP contribution in [-0.4, -0.2) is 16.6 Å². The lowest BCUT2D eigenvalue weighted by Gasteiger charge is -2.44. The highest BCUT2D eigenvalue weighted by Crippen LogP contribution is 2.77. The highest BCUT2D eigenvalue weighted by molar-refractivity contribution is 7.75. The van der Waals surface area contributed by atoms with Gasteiger partial charge in [0.1, 0.15) is 0 Å². The van der Waals surface area contributed by atoms with Crippen molar-refractivity contribution in [2.75, 3.05) is 6.54 Å². The molecule has 178 valence electrons. The molecule has 3 heteroatoms. The van der Waals surface area contributed by atoms with Gasteiger partial charge in [-0.2, -0.15) is 0 Å². The Bertz CT molecular complexity index is 990. The van der Waals surface area contributed by atoms with Crippen molar-refractivity contribution in [2.24, 2.45) is 0 Å². The van der Waals surface area contributed by atoms with Gasteiger partial charge in [-0.3, -0.25) is 4.44 Å². The van der Waals surface area contributed by atoms with E-state index in [0.29, 0.717) is 11.3 Å². The van der Waals surface area contributed by atoms with E-state index in [-0.39, 0.29) is 16.1 Å². The van der Waals surface area contributed by atoms with Gasteiger partial charge in [0.05, 0.1) is 0 Å². The molecule has 3 aromatic rings. The first-order valence-electron chi connectivity index (χ1n) is 13.3. The molecule has 1 fully saturated rings. The zero-order valence-electron chi connectivity index (χ0n) is 20.8. The molecule has 5 atom stereocenters. The number of nitrogens with zero attached hydrogens (tertiary/aromatic N) is 1. The van der Waals surface area contributed by atoms with Gasteiger partial charge in [-0.1, -0.05) is 105 Å². The van der Waals surface area contributed by atoms with Crippen molar-refractivity contribution in [1.82, 2.24) is 4.44 Å². The van der Waals surface area contributed by atoms with Gasteiger partial charge in [0.25, 0.3) is 0 Å². The van der Waals surface area contributed by atoms with Gasteiger partial charge in [-0.25, -0.2) is 0 Å². The molecule has 0 spiro atoms. The molecule has 2 aliphatic rings. The van der Waals surface area contributed by atoms with Crippen LogP contribution >= 0.6 is 16.1 Å². The number of aryl methyl sites for hydroxylation is 1. The SMILES string of the molecule is CCCCN(P1c2ccccc2CCCC1C)P1C(c2ccccc2)CC[C@H]1c1ccccc1. The smallest absolute Gasteiger partial charge is 0.0183 e. The van der Waals surface area contributed by atoms with Crippen LogP contribution in [-0.2, 0) is 6.42 Å². The Hall–Kier alpha value is -1.52. The number of hydrogen-bond donors (Lipinski definition) is 0. The Morgan fingerprint density at radius 1 is 0.765 bits per heavy atom. The summed E-state index contributed by atoms with van der Waals surface area (Å²) in [5, 5.41) is 1.69. The Labute approximate surface area is 209 Å². The van der Waals surface area contributed by atoms with Gasteiger partial charge in [-0.15, -0.1) is 0 Å². The first kappa shape index (κ1) is 24.2. The molecule has 0 N–H and O–H groups in total. The molecular formula is C31H39NP2. The highest BCUT2D eigenvalue weighted by Gasteiger charge is 2.45. The van der Waals surface area contributed by atoms with Crippen molar-refractivity contribution in [3.63, 3.8) is 0 Å². The summed E-state index contributed by atoms with van der Waals surface area (Å²) in [7, 11) is -0.657. The minimum Gasteiger partial charge on any atom is -0.255 e. The first-order valence-corrected chi connectivity index (χ1v) is 16.1. The lowest BCUT2D eigenvalue weighted by molar-refractivity contribution is 0.616. The monoisotopic (exact) mass is 487 g/mol. The van der Waals surface area contributed by atoms with E-state index in [9.17, 15) is 0 Å². The zero-order chi connectivity index (χ0) is 23.3. The Morgan fingerprint density at radius 3 is 1.97 bits per heavy atom. The molecular weight excluding hydrogens is 448 g/mol. The lowest BCUT2D eigenvalue weighted by atomic mass is 10.0. The third-order valence-corrected chi connectivity index (χ3v) is 14.7. The second-order valence-corrected chi connectivity index (χ2v) is 15.3. The van der Waals surface area contributed by atoms with Crippen LogP contribution < -0.4 is 5.30 Å². The highest BCUT2D eigenvalue weighted by atomic mass is 31.2. The standard InChI is InChI=1S/C31H39NP2/c1-3-4-24-32(33-25(2)14-13-20-28-19-11-12-21-29(28)33)34-30(26-15-7-5-8-16-26)22-23-31(34)27-17-9-6-10-18-27/h5-12,15-19,21,25,30-31H,3-4,13-14,20,22-24H2,1-2H3/t25?,30-,31?,33?,34?/m0/s1. The van der Waals surface area contributed by atoms with Crippen LogP contribution in [0.2, 0.25) is 0 Å². The molecule has 0 amide bonds. The number of benzene rings is 3. The maximum atomic E-state index is 3.13. The third-order valence-electron chi connectivity index (χ3n) is 7.67. The van der Waals surface area contributed by atoms with Crippen molar-refractivity contribution in [1.29, 1.82) is 0 Å². The summed E-state index contributed by atoms with van der Waals surface area (Å²) in [6, 6.07) is 32.5. The maximum absolute atomic E-state index is 3.13. The van der Waals surface area contributed by atoms with Gasteiger partial charge in [0.2, 0.25) is 0 Å². The van der Waals surface area contributed by atoms with Gasteiger partial charge in [0, 0.05) is 25.9 Å². The Balaban J connectivity index is 1.62. The van der Waals surface area contributed by atoms with E-state index in [0.717, 1.165) is 5.66 Å². The van der Waals surface area contributed by atoms with E-state index in [1.54, 1.807) is 22.0 Å². The van der Waals surface area contributed by atoms with Crippen molar-refractivity contribution >= 4 is 21.4 Å². The molecule has 4 unspecified atom stereocenters. The fourth-order valence-electron chi connectivity index (χ4n) is 5.99. The summed E-state index contributed by atoms with van der Waals surface area (Å²) >= 11 is 0. The van der Waals surface area contributed by atoms with Crippen LogP contribution in [0.25, 0.3) is 0 Å². The quantitative estimate of drug-likeness (QED) is 0.300. The second-order valence-electron chi connectivity index (χ2n) is 9.97. The van der Waals surface area contributed by atoms with Gasteiger partial charge >= 0.3 is 0 Å². The molecule has 2 heterocycles. The molecule has 5 rings (SSSR count). The van der Waals surface area contributed by atoms with E-state index < -0.39 is 0 Å². The van der Waals surface area contributed by atoms with E-state index in [1.165, 1.54) is 51.5 Å². The fraction of sp³-hybridized carbons (Fsp3) is 0.419. The van der Waals surface area contributed by atoms with E-state index in [4.69, 9.17) is 0 Å². The average molecular weight is 488 g/mol. The topological polar surface area (TPSA) is 3.24 Å². The summed E-state index contributed by atoms with van der Waals surface area (Å²) in [5.41, 5.74) is 6.86. The predicted molar refractivity (Wildman–Crippen MR) is 152 cm³/mol. The van der Waals surface area contributed by atoms with E-state index in [2.05, 4.69) is 103 Å². The second kappa shape index (κ2) is 11.5. The molecule has 2 aliphatic heterocycles. The van der Waals surface area contributed by atoms with Gasteiger partial charge in [-0.05, 0) is 74.3 Å². The third kappa shape index (κ3) is 5.04. The van der Waals surface area contributed by atoms with Crippen molar-refractivity contribution < 1.29 is 0 Å². The van der Waals surface area contributed by atoms with Gasteiger partial charge < -0.3 is 0 Å². The minimum atomic E-state index is -0.333. The van der Waals surface area contributed by atoms with Crippen molar-refractivity contribution in [2.45, 2.75) is 75.8 Å². The lowest BCUT2D eigenvalue weighted by Crippen LogP contribution is -2.27. The average Bonchev–Trinajstić information content (AvgIpc) is 3.25. The molecule has 0 radical (unpaired) electrons. The summed E-state index contributed by atoms with van der Waals surface area (Å²) in [5.74, 6) is 0. The molecule has 0 bridgehead atoms. The first-order chi connectivity index (χ1) is 16.8. The largest absolute Gasteiger partial charge is 0.255 e. The Kier molecular flexibility index (Phi) is 8.16. The molecule has 34 heavy (non-hydrogen) atoms. The summed E-state index contributed by atoms with van der Waals surface area (Å²) in [4.78, 5) is 0. The summed E-state index contributed by atoms with van der Waals surface area (Å²) in [6.45, 7) is 6.17. The zero-order valence-corrected chi connectivity index (χ0v) is 22.6. The fourth-order valence-corrected chi connectivity index (χ4v) is 14.4. The van der Waals surface area contributed by atoms with Crippen molar-refractivity contribution in [3.8, 4) is 0 Å². The predicted octanol–water partition coefficient (Wildman–Crippen LogP) is 9.21. The number of fused-ring (bicyclic) bond motifs is 1. The minimum absolute atomic E-state index is 0.323. The molecule has 1 saturated heterocycles. The van der Waals surface area contributed by atoms with E-state index >= 15 is 0 Å². The molecule has 0 aliphatic carbocycles. The van der Waals surface area contributed by atoms with Crippen LogP contribution in [0.1, 0.15) is 80.4 Å². The van der Waals surface area contributed by atoms with Gasteiger partial charge in [0.15, 0.2) is 0 Å². The van der Waals surface area contributed by atoms with Crippen LogP contribution in [0, 0.1) is 0 Å². The van der Waals surface area contributed by atoms with E-state index in [1.807, 2.05) is 0 Å². The normalized spacial score (nSPS) is 26.9. The number of hydrogen-bond acceptors (Lipinski definition) is 1. The summed E-state index contributed by atoms with van der Waals surface area (Å²) in [6.07, 6.45) is 9.15. The summed E-state index contributed by atoms with van der Waals surface area (Å²) < 4.78 is 3.13. The number of unbranched alkanes of at least 4 members (excludes halogenated alkanes) is 1. The molecule has 1 nitrogen and oxygen atoms in total. The molecule has 0 aromatic heterocycles. The van der Waals surface area contributed by atoms with Crippen LogP contribution in [0.5, 0.6) is 0 Å².